The summed E-state index contributed by atoms with van der Waals surface area (Å²) in [6, 6.07) is 0. The second-order valence-corrected chi connectivity index (χ2v) is 4.26. The van der Waals surface area contributed by atoms with Crippen LogP contribution < -0.4 is 0 Å². The monoisotopic (exact) mass is 153 g/mol. The molecule has 1 heteroatoms. The van der Waals surface area contributed by atoms with E-state index in [2.05, 4.69) is 18.7 Å². The molecule has 1 saturated carbocycles. The Morgan fingerprint density at radius 2 is 2.27 bits per heavy atom. The van der Waals surface area contributed by atoms with Crippen molar-refractivity contribution in [2.24, 2.45) is 5.92 Å². The number of likely N-dealkylation sites (N-methyl/N-ethyl adjacent to an activating group) is 1. The van der Waals surface area contributed by atoms with E-state index in [0.717, 1.165) is 5.92 Å². The largest absolute Gasteiger partial charge is 0.295 e. The Morgan fingerprint density at radius 3 is 2.82 bits per heavy atom. The fraction of sp³-hybridized carbons (Fsp3) is 1.00. The van der Waals surface area contributed by atoms with Gasteiger partial charge in [0.05, 0.1) is 0 Å². The highest BCUT2D eigenvalue weighted by molar-refractivity contribution is 5.10. The van der Waals surface area contributed by atoms with Gasteiger partial charge in [-0.2, -0.15) is 0 Å². The maximum Gasteiger partial charge on any atom is 0.0362 e. The molecule has 11 heavy (non-hydrogen) atoms. The molecule has 0 aromatic rings. The van der Waals surface area contributed by atoms with Crippen molar-refractivity contribution < 1.29 is 0 Å². The summed E-state index contributed by atoms with van der Waals surface area (Å²) in [6.45, 7) is 7.39. The molecule has 0 aromatic carbocycles. The summed E-state index contributed by atoms with van der Waals surface area (Å²) in [5, 5.41) is 0. The first-order chi connectivity index (χ1) is 5.29. The van der Waals surface area contributed by atoms with Gasteiger partial charge in [-0.05, 0) is 25.3 Å². The Labute approximate surface area is 69.8 Å². The fourth-order valence-corrected chi connectivity index (χ4v) is 2.82. The molecule has 0 bridgehead atoms. The average Bonchev–Trinajstić information content (AvgIpc) is 2.72. The Balaban J connectivity index is 2.01. The van der Waals surface area contributed by atoms with Crippen LogP contribution in [0.25, 0.3) is 0 Å². The van der Waals surface area contributed by atoms with Crippen LogP contribution in [0.3, 0.4) is 0 Å². The molecular weight excluding hydrogens is 134 g/mol. The van der Waals surface area contributed by atoms with Gasteiger partial charge in [0.25, 0.3) is 0 Å². The highest BCUT2D eigenvalue weighted by Gasteiger charge is 2.54. The van der Waals surface area contributed by atoms with Crippen LogP contribution in [0, 0.1) is 5.92 Å². The van der Waals surface area contributed by atoms with Crippen LogP contribution in [-0.4, -0.2) is 23.5 Å². The fourth-order valence-electron chi connectivity index (χ4n) is 2.82. The van der Waals surface area contributed by atoms with Gasteiger partial charge in [0.15, 0.2) is 0 Å². The average molecular weight is 153 g/mol. The van der Waals surface area contributed by atoms with Gasteiger partial charge in [0.2, 0.25) is 0 Å². The Bertz CT molecular complexity index is 155. The molecular formula is C10H19N. The van der Waals surface area contributed by atoms with E-state index in [9.17, 15) is 0 Å². The van der Waals surface area contributed by atoms with E-state index in [4.69, 9.17) is 0 Å². The molecule has 1 nitrogen and oxygen atoms in total. The van der Waals surface area contributed by atoms with E-state index >= 15 is 0 Å². The van der Waals surface area contributed by atoms with Crippen LogP contribution in [-0.2, 0) is 0 Å². The lowest BCUT2D eigenvalue weighted by Gasteiger charge is -2.29. The predicted molar refractivity (Wildman–Crippen MR) is 47.6 cm³/mol. The SMILES string of the molecule is CCN1CC12CCCCC2C. The smallest absolute Gasteiger partial charge is 0.0362 e. The molecule has 0 aromatic heterocycles. The zero-order valence-electron chi connectivity index (χ0n) is 7.77. The van der Waals surface area contributed by atoms with Gasteiger partial charge in [-0.3, -0.25) is 4.90 Å². The van der Waals surface area contributed by atoms with Gasteiger partial charge in [-0.1, -0.05) is 26.7 Å². The van der Waals surface area contributed by atoms with Crippen LogP contribution in [0.2, 0.25) is 0 Å². The molecule has 3 atom stereocenters. The van der Waals surface area contributed by atoms with Gasteiger partial charge in [0, 0.05) is 12.1 Å². The van der Waals surface area contributed by atoms with E-state index in [0.29, 0.717) is 5.54 Å². The summed E-state index contributed by atoms with van der Waals surface area (Å²) in [6.07, 6.45) is 5.89. The third kappa shape index (κ3) is 1.01. The summed E-state index contributed by atoms with van der Waals surface area (Å²) >= 11 is 0. The zero-order chi connectivity index (χ0) is 7.90. The summed E-state index contributed by atoms with van der Waals surface area (Å²) in [5.41, 5.74) is 0.688. The summed E-state index contributed by atoms with van der Waals surface area (Å²) in [4.78, 5) is 2.65. The minimum Gasteiger partial charge on any atom is -0.295 e. The van der Waals surface area contributed by atoms with Crippen molar-refractivity contribution in [2.45, 2.75) is 45.1 Å². The molecule has 2 rings (SSSR count). The van der Waals surface area contributed by atoms with Crippen LogP contribution in [0.4, 0.5) is 0 Å². The van der Waals surface area contributed by atoms with Crippen molar-refractivity contribution in [1.29, 1.82) is 0 Å². The summed E-state index contributed by atoms with van der Waals surface area (Å²) in [7, 11) is 0. The molecule has 64 valence electrons. The molecule has 2 aliphatic rings. The normalized spacial score (nSPS) is 49.6. The summed E-state index contributed by atoms with van der Waals surface area (Å²) in [5.74, 6) is 0.969. The van der Waals surface area contributed by atoms with Gasteiger partial charge < -0.3 is 0 Å². The Morgan fingerprint density at radius 1 is 1.45 bits per heavy atom. The maximum atomic E-state index is 2.65. The molecule has 2 fully saturated rings. The van der Waals surface area contributed by atoms with Crippen LogP contribution >= 0.6 is 0 Å². The van der Waals surface area contributed by atoms with E-state index < -0.39 is 0 Å². The van der Waals surface area contributed by atoms with Crippen LogP contribution in [0.15, 0.2) is 0 Å². The van der Waals surface area contributed by atoms with Crippen molar-refractivity contribution in [2.75, 3.05) is 13.1 Å². The van der Waals surface area contributed by atoms with Crippen molar-refractivity contribution >= 4 is 0 Å². The standard InChI is InChI=1S/C10H19N/c1-3-11-8-10(11)7-5-4-6-9(10)2/h9H,3-8H2,1-2H3. The lowest BCUT2D eigenvalue weighted by atomic mass is 9.80. The highest BCUT2D eigenvalue weighted by atomic mass is 15.4. The van der Waals surface area contributed by atoms with Gasteiger partial charge in [-0.25, -0.2) is 0 Å². The first-order valence-electron chi connectivity index (χ1n) is 5.04. The first kappa shape index (κ1) is 7.60. The van der Waals surface area contributed by atoms with Crippen molar-refractivity contribution in [3.05, 3.63) is 0 Å². The van der Waals surface area contributed by atoms with E-state index in [1.807, 2.05) is 0 Å². The van der Waals surface area contributed by atoms with Gasteiger partial charge >= 0.3 is 0 Å². The molecule has 0 amide bonds. The quantitative estimate of drug-likeness (QED) is 0.522. The molecule has 1 aliphatic heterocycles. The predicted octanol–water partition coefficient (Wildman–Crippen LogP) is 2.27. The van der Waals surface area contributed by atoms with Crippen molar-refractivity contribution in [3.63, 3.8) is 0 Å². The van der Waals surface area contributed by atoms with Gasteiger partial charge in [0.1, 0.15) is 0 Å². The van der Waals surface area contributed by atoms with Crippen LogP contribution in [0.1, 0.15) is 39.5 Å². The summed E-state index contributed by atoms with van der Waals surface area (Å²) < 4.78 is 0. The molecule has 1 aliphatic carbocycles. The molecule has 1 saturated heterocycles. The molecule has 0 radical (unpaired) electrons. The molecule has 1 spiro atoms. The number of hydrogen-bond donors (Lipinski definition) is 0. The Kier molecular flexibility index (Phi) is 1.71. The topological polar surface area (TPSA) is 3.01 Å². The van der Waals surface area contributed by atoms with Crippen molar-refractivity contribution in [1.82, 2.24) is 4.90 Å². The lowest BCUT2D eigenvalue weighted by molar-refractivity contribution is 0.236. The third-order valence-electron chi connectivity index (χ3n) is 3.79. The number of rotatable bonds is 1. The number of nitrogens with zero attached hydrogens (tertiary/aromatic N) is 1. The number of hydrogen-bond acceptors (Lipinski definition) is 1. The third-order valence-corrected chi connectivity index (χ3v) is 3.79. The maximum absolute atomic E-state index is 2.65. The lowest BCUT2D eigenvalue weighted by Crippen LogP contribution is -2.30. The minimum atomic E-state index is 0.688. The second-order valence-electron chi connectivity index (χ2n) is 4.26. The van der Waals surface area contributed by atoms with Crippen LogP contribution in [0.5, 0.6) is 0 Å². The molecule has 3 unspecified atom stereocenters. The van der Waals surface area contributed by atoms with E-state index in [1.165, 1.54) is 38.8 Å². The van der Waals surface area contributed by atoms with Crippen molar-refractivity contribution in [3.8, 4) is 0 Å². The first-order valence-corrected chi connectivity index (χ1v) is 5.04. The highest BCUT2D eigenvalue weighted by Crippen LogP contribution is 2.48. The molecule has 0 N–H and O–H groups in total. The zero-order valence-corrected chi connectivity index (χ0v) is 7.77. The second kappa shape index (κ2) is 2.48. The Hall–Kier alpha value is -0.0400. The minimum absolute atomic E-state index is 0.688. The molecule has 1 heterocycles. The van der Waals surface area contributed by atoms with E-state index in [-0.39, 0.29) is 0 Å². The van der Waals surface area contributed by atoms with E-state index in [1.54, 1.807) is 0 Å². The van der Waals surface area contributed by atoms with Gasteiger partial charge in [-0.15, -0.1) is 0 Å².